The van der Waals surface area contributed by atoms with Gasteiger partial charge in [-0.1, -0.05) is 0 Å². The van der Waals surface area contributed by atoms with Gasteiger partial charge in [0.2, 0.25) is 5.88 Å². The summed E-state index contributed by atoms with van der Waals surface area (Å²) in [5, 5.41) is 21.3. The predicted molar refractivity (Wildman–Crippen MR) is 55.8 cm³/mol. The largest absolute Gasteiger partial charge is 0.493 e. The third-order valence-corrected chi connectivity index (χ3v) is 3.70. The fourth-order valence-corrected chi connectivity index (χ4v) is 2.66. The Hall–Kier alpha value is -0.810. The smallest absolute Gasteiger partial charge is 0.223 e. The fraction of sp³-hybridized carbons (Fsp3) is 0.667. The minimum absolute atomic E-state index is 0.0576. The molecule has 1 aromatic heterocycles. The normalized spacial score (nSPS) is 25.6. The standard InChI is InChI=1S/C9H14N2O2S/c1-9(2)6(12)3-4-11(9)8-10-7(13)5-14-8/h5-6,12-13H,3-4H2,1-2H3. The first kappa shape index (κ1) is 9.73. The number of aliphatic hydroxyl groups excluding tert-OH is 1. The molecule has 1 saturated heterocycles. The number of rotatable bonds is 1. The van der Waals surface area contributed by atoms with Gasteiger partial charge in [-0.05, 0) is 20.3 Å². The number of thiazole rings is 1. The van der Waals surface area contributed by atoms with Crippen LogP contribution in [0, 0.1) is 0 Å². The SMILES string of the molecule is CC1(C)C(O)CCN1c1nc(O)cs1. The second-order valence-corrected chi connectivity index (χ2v) is 4.93. The van der Waals surface area contributed by atoms with Crippen LogP contribution in [-0.2, 0) is 0 Å². The molecule has 14 heavy (non-hydrogen) atoms. The van der Waals surface area contributed by atoms with Gasteiger partial charge in [-0.2, -0.15) is 4.98 Å². The molecule has 4 nitrogen and oxygen atoms in total. The first-order valence-electron chi connectivity index (χ1n) is 4.62. The molecule has 0 spiro atoms. The molecule has 1 aliphatic heterocycles. The zero-order chi connectivity index (χ0) is 10.3. The maximum absolute atomic E-state index is 9.77. The van der Waals surface area contributed by atoms with Crippen molar-refractivity contribution in [2.45, 2.75) is 31.9 Å². The molecule has 1 atom stereocenters. The van der Waals surface area contributed by atoms with Crippen LogP contribution in [0.3, 0.4) is 0 Å². The lowest BCUT2D eigenvalue weighted by atomic mass is 9.99. The second-order valence-electron chi connectivity index (χ2n) is 4.10. The molecule has 78 valence electrons. The van der Waals surface area contributed by atoms with Gasteiger partial charge < -0.3 is 15.1 Å². The minimum Gasteiger partial charge on any atom is -0.493 e. The lowest BCUT2D eigenvalue weighted by Gasteiger charge is -2.33. The molecular weight excluding hydrogens is 200 g/mol. The molecule has 2 heterocycles. The average molecular weight is 214 g/mol. The molecule has 0 amide bonds. The highest BCUT2D eigenvalue weighted by Crippen LogP contribution is 2.36. The zero-order valence-corrected chi connectivity index (χ0v) is 9.08. The van der Waals surface area contributed by atoms with E-state index in [1.165, 1.54) is 11.3 Å². The molecule has 1 unspecified atom stereocenters. The van der Waals surface area contributed by atoms with E-state index in [1.54, 1.807) is 5.38 Å². The monoisotopic (exact) mass is 214 g/mol. The Labute approximate surface area is 86.8 Å². The molecule has 0 saturated carbocycles. The molecule has 0 aromatic carbocycles. The van der Waals surface area contributed by atoms with Crippen LogP contribution in [0.15, 0.2) is 5.38 Å². The summed E-state index contributed by atoms with van der Waals surface area (Å²) in [6, 6.07) is 0. The van der Waals surface area contributed by atoms with Crippen molar-refractivity contribution in [3.8, 4) is 5.88 Å². The van der Waals surface area contributed by atoms with Gasteiger partial charge in [-0.15, -0.1) is 11.3 Å². The number of aromatic hydroxyl groups is 1. The molecule has 0 bridgehead atoms. The molecule has 0 radical (unpaired) electrons. The van der Waals surface area contributed by atoms with E-state index in [0.717, 1.165) is 18.1 Å². The van der Waals surface area contributed by atoms with Crippen LogP contribution < -0.4 is 4.90 Å². The second kappa shape index (κ2) is 3.10. The summed E-state index contributed by atoms with van der Waals surface area (Å²) in [5.74, 6) is 0.0576. The van der Waals surface area contributed by atoms with Crippen LogP contribution in [0.2, 0.25) is 0 Å². The third-order valence-electron chi connectivity index (χ3n) is 2.85. The highest BCUT2D eigenvalue weighted by Gasteiger charge is 2.41. The molecule has 1 aromatic rings. The van der Waals surface area contributed by atoms with Crippen LogP contribution in [0.1, 0.15) is 20.3 Å². The molecule has 2 N–H and O–H groups in total. The van der Waals surface area contributed by atoms with Gasteiger partial charge in [0.15, 0.2) is 5.13 Å². The van der Waals surface area contributed by atoms with Gasteiger partial charge >= 0.3 is 0 Å². The molecule has 5 heteroatoms. The summed E-state index contributed by atoms with van der Waals surface area (Å²) in [4.78, 5) is 6.06. The zero-order valence-electron chi connectivity index (χ0n) is 8.27. The number of aromatic nitrogens is 1. The Morgan fingerprint density at radius 2 is 2.36 bits per heavy atom. The van der Waals surface area contributed by atoms with Gasteiger partial charge in [0.25, 0.3) is 0 Å². The maximum atomic E-state index is 9.77. The lowest BCUT2D eigenvalue weighted by Crippen LogP contribution is -2.45. The van der Waals surface area contributed by atoms with E-state index in [-0.39, 0.29) is 17.5 Å². The number of hydrogen-bond acceptors (Lipinski definition) is 5. The average Bonchev–Trinajstić information content (AvgIpc) is 2.60. The summed E-state index contributed by atoms with van der Waals surface area (Å²) in [6.45, 7) is 4.77. The van der Waals surface area contributed by atoms with Crippen molar-refractivity contribution in [2.75, 3.05) is 11.4 Å². The van der Waals surface area contributed by atoms with Crippen molar-refractivity contribution in [3.05, 3.63) is 5.38 Å². The van der Waals surface area contributed by atoms with Crippen molar-refractivity contribution < 1.29 is 10.2 Å². The summed E-state index contributed by atoms with van der Waals surface area (Å²) < 4.78 is 0. The van der Waals surface area contributed by atoms with E-state index in [0.29, 0.717) is 0 Å². The van der Waals surface area contributed by atoms with Crippen molar-refractivity contribution >= 4 is 16.5 Å². The van der Waals surface area contributed by atoms with E-state index in [9.17, 15) is 5.11 Å². The van der Waals surface area contributed by atoms with E-state index >= 15 is 0 Å². The Bertz CT molecular complexity index is 337. The highest BCUT2D eigenvalue weighted by molar-refractivity contribution is 7.13. The fourth-order valence-electron chi connectivity index (χ4n) is 1.79. The molecule has 2 rings (SSSR count). The molecular formula is C9H14N2O2S. The number of anilines is 1. The quantitative estimate of drug-likeness (QED) is 0.737. The molecule has 0 aliphatic carbocycles. The van der Waals surface area contributed by atoms with Crippen molar-refractivity contribution in [2.24, 2.45) is 0 Å². The Kier molecular flexibility index (Phi) is 2.16. The van der Waals surface area contributed by atoms with Gasteiger partial charge in [0.1, 0.15) is 0 Å². The maximum Gasteiger partial charge on any atom is 0.223 e. The van der Waals surface area contributed by atoms with Crippen molar-refractivity contribution in [3.63, 3.8) is 0 Å². The van der Waals surface area contributed by atoms with Gasteiger partial charge in [-0.3, -0.25) is 0 Å². The summed E-state index contributed by atoms with van der Waals surface area (Å²) in [5.41, 5.74) is -0.287. The topological polar surface area (TPSA) is 56.6 Å². The van der Waals surface area contributed by atoms with Crippen molar-refractivity contribution in [1.82, 2.24) is 4.98 Å². The number of hydrogen-bond donors (Lipinski definition) is 2. The van der Waals surface area contributed by atoms with Gasteiger partial charge in [0, 0.05) is 6.54 Å². The first-order chi connectivity index (χ1) is 6.51. The van der Waals surface area contributed by atoms with Gasteiger partial charge in [0.05, 0.1) is 17.0 Å². The first-order valence-corrected chi connectivity index (χ1v) is 5.50. The summed E-state index contributed by atoms with van der Waals surface area (Å²) >= 11 is 1.40. The molecule has 1 aliphatic rings. The van der Waals surface area contributed by atoms with Crippen molar-refractivity contribution in [1.29, 1.82) is 0 Å². The summed E-state index contributed by atoms with van der Waals surface area (Å²) in [6.07, 6.45) is 0.432. The molecule has 1 fully saturated rings. The van der Waals surface area contributed by atoms with E-state index in [1.807, 2.05) is 18.7 Å². The predicted octanol–water partition coefficient (Wildman–Crippen LogP) is 1.20. The third kappa shape index (κ3) is 1.36. The summed E-state index contributed by atoms with van der Waals surface area (Å²) in [7, 11) is 0. The van der Waals surface area contributed by atoms with E-state index < -0.39 is 0 Å². The van der Waals surface area contributed by atoms with Gasteiger partial charge in [-0.25, -0.2) is 0 Å². The van der Waals surface area contributed by atoms with Crippen LogP contribution >= 0.6 is 11.3 Å². The van der Waals surface area contributed by atoms with E-state index in [4.69, 9.17) is 5.11 Å². The van der Waals surface area contributed by atoms with E-state index in [2.05, 4.69) is 4.98 Å². The Morgan fingerprint density at radius 1 is 1.64 bits per heavy atom. The Morgan fingerprint density at radius 3 is 2.79 bits per heavy atom. The minimum atomic E-state index is -0.325. The Balaban J connectivity index is 2.28. The van der Waals surface area contributed by atoms with Crippen LogP contribution in [0.4, 0.5) is 5.13 Å². The lowest BCUT2D eigenvalue weighted by molar-refractivity contribution is 0.127. The number of aliphatic hydroxyl groups is 1. The van der Waals surface area contributed by atoms with Crippen LogP contribution in [0.5, 0.6) is 5.88 Å². The number of nitrogens with zero attached hydrogens (tertiary/aromatic N) is 2. The van der Waals surface area contributed by atoms with Crippen LogP contribution in [-0.4, -0.2) is 33.4 Å². The van der Waals surface area contributed by atoms with Crippen LogP contribution in [0.25, 0.3) is 0 Å². The highest BCUT2D eigenvalue weighted by atomic mass is 32.1.